The first-order valence-corrected chi connectivity index (χ1v) is 11.4. The Morgan fingerprint density at radius 2 is 1.66 bits per heavy atom. The van der Waals surface area contributed by atoms with Crippen LogP contribution in [0, 0.1) is 0 Å². The molecular weight excluding hydrogens is 420 g/mol. The molecule has 32 heavy (non-hydrogen) atoms. The summed E-state index contributed by atoms with van der Waals surface area (Å²) in [6, 6.07) is 16.2. The molecule has 4 rings (SSSR count). The maximum atomic E-state index is 6.08. The number of nitrogen functional groups attached to an aromatic ring is 1. The maximum absolute atomic E-state index is 6.08. The van der Waals surface area contributed by atoms with Gasteiger partial charge in [0.25, 0.3) is 5.89 Å². The summed E-state index contributed by atoms with van der Waals surface area (Å²) in [5.41, 5.74) is 10.1. The van der Waals surface area contributed by atoms with E-state index in [9.17, 15) is 0 Å². The second kappa shape index (κ2) is 9.93. The molecule has 2 aromatic carbocycles. The summed E-state index contributed by atoms with van der Waals surface area (Å²) in [7, 11) is 0. The fourth-order valence-corrected chi connectivity index (χ4v) is 3.98. The SMILES string of the molecule is CCNCc1ccc(-c2nnc(-c3nc(-c4ccc(SC(C)C)cc4)cnc3N)o2)cc1. The number of rotatable bonds is 8. The normalized spacial score (nSPS) is 11.2. The van der Waals surface area contributed by atoms with Crippen LogP contribution in [0.15, 0.2) is 64.0 Å². The van der Waals surface area contributed by atoms with E-state index in [0.717, 1.165) is 24.2 Å². The summed E-state index contributed by atoms with van der Waals surface area (Å²) in [4.78, 5) is 10.2. The van der Waals surface area contributed by atoms with Gasteiger partial charge in [-0.1, -0.05) is 45.0 Å². The van der Waals surface area contributed by atoms with Crippen LogP contribution in [0.2, 0.25) is 0 Å². The van der Waals surface area contributed by atoms with E-state index < -0.39 is 0 Å². The Morgan fingerprint density at radius 1 is 0.969 bits per heavy atom. The lowest BCUT2D eigenvalue weighted by atomic mass is 10.1. The molecule has 0 saturated heterocycles. The summed E-state index contributed by atoms with van der Waals surface area (Å²) in [6.45, 7) is 8.18. The molecule has 0 aliphatic carbocycles. The molecule has 164 valence electrons. The third-order valence-electron chi connectivity index (χ3n) is 4.73. The highest BCUT2D eigenvalue weighted by Gasteiger charge is 2.17. The molecule has 0 atom stereocenters. The molecule has 0 bridgehead atoms. The lowest BCUT2D eigenvalue weighted by molar-refractivity contribution is 0.582. The molecule has 0 radical (unpaired) electrons. The van der Waals surface area contributed by atoms with E-state index in [1.807, 2.05) is 48.2 Å². The maximum Gasteiger partial charge on any atom is 0.270 e. The van der Waals surface area contributed by atoms with E-state index in [1.54, 1.807) is 6.20 Å². The summed E-state index contributed by atoms with van der Waals surface area (Å²) >= 11 is 1.82. The minimum absolute atomic E-state index is 0.246. The first-order chi connectivity index (χ1) is 15.5. The van der Waals surface area contributed by atoms with Gasteiger partial charge in [0.1, 0.15) is 0 Å². The van der Waals surface area contributed by atoms with E-state index in [2.05, 4.69) is 58.4 Å². The molecule has 2 aromatic heterocycles. The van der Waals surface area contributed by atoms with E-state index in [4.69, 9.17) is 10.2 Å². The molecule has 7 nitrogen and oxygen atoms in total. The summed E-state index contributed by atoms with van der Waals surface area (Å²) in [6.07, 6.45) is 1.66. The average Bonchev–Trinajstić information content (AvgIpc) is 3.29. The van der Waals surface area contributed by atoms with E-state index in [-0.39, 0.29) is 11.7 Å². The molecular formula is C24H26N6OS. The van der Waals surface area contributed by atoms with Crippen LogP contribution in [0.25, 0.3) is 34.3 Å². The zero-order valence-corrected chi connectivity index (χ0v) is 19.2. The van der Waals surface area contributed by atoms with Crippen LogP contribution >= 0.6 is 11.8 Å². The second-order valence-electron chi connectivity index (χ2n) is 7.57. The van der Waals surface area contributed by atoms with Crippen LogP contribution in [0.3, 0.4) is 0 Å². The molecule has 4 aromatic rings. The highest BCUT2D eigenvalue weighted by molar-refractivity contribution is 7.99. The summed E-state index contributed by atoms with van der Waals surface area (Å²) in [5, 5.41) is 12.2. The van der Waals surface area contributed by atoms with Crippen molar-refractivity contribution in [3.8, 4) is 34.3 Å². The average molecular weight is 447 g/mol. The summed E-state index contributed by atoms with van der Waals surface area (Å²) < 4.78 is 5.89. The highest BCUT2D eigenvalue weighted by atomic mass is 32.2. The minimum Gasteiger partial charge on any atom is -0.414 e. The molecule has 0 unspecified atom stereocenters. The minimum atomic E-state index is 0.246. The van der Waals surface area contributed by atoms with Gasteiger partial charge in [-0.05, 0) is 36.4 Å². The van der Waals surface area contributed by atoms with Crippen molar-refractivity contribution in [2.75, 3.05) is 12.3 Å². The van der Waals surface area contributed by atoms with Crippen LogP contribution in [-0.2, 0) is 6.54 Å². The number of nitrogens with two attached hydrogens (primary N) is 1. The van der Waals surface area contributed by atoms with Crippen LogP contribution in [0.4, 0.5) is 5.82 Å². The predicted octanol–water partition coefficient (Wildman–Crippen LogP) is 5.05. The zero-order chi connectivity index (χ0) is 22.5. The Hall–Kier alpha value is -3.23. The molecule has 3 N–H and O–H groups in total. The van der Waals surface area contributed by atoms with Crippen molar-refractivity contribution >= 4 is 17.6 Å². The zero-order valence-electron chi connectivity index (χ0n) is 18.4. The molecule has 0 fully saturated rings. The molecule has 0 aliphatic rings. The van der Waals surface area contributed by atoms with Crippen molar-refractivity contribution in [1.29, 1.82) is 0 Å². The van der Waals surface area contributed by atoms with Gasteiger partial charge in [0, 0.05) is 27.8 Å². The van der Waals surface area contributed by atoms with Gasteiger partial charge in [-0.2, -0.15) is 0 Å². The standard InChI is InChI=1S/C24H26N6OS/c1-4-26-13-16-5-7-18(8-6-16)23-29-30-24(31-23)21-22(25)27-14-20(28-21)17-9-11-19(12-10-17)32-15(2)3/h5-12,14-15,26H,4,13H2,1-3H3,(H2,25,27). The third-order valence-corrected chi connectivity index (χ3v) is 5.75. The molecule has 0 saturated carbocycles. The Labute approximate surface area is 191 Å². The van der Waals surface area contributed by atoms with Crippen molar-refractivity contribution in [1.82, 2.24) is 25.5 Å². The lowest BCUT2D eigenvalue weighted by Crippen LogP contribution is -2.11. The lowest BCUT2D eigenvalue weighted by Gasteiger charge is -2.07. The van der Waals surface area contributed by atoms with E-state index in [1.165, 1.54) is 10.5 Å². The van der Waals surface area contributed by atoms with Gasteiger partial charge < -0.3 is 15.5 Å². The Morgan fingerprint density at radius 3 is 2.34 bits per heavy atom. The summed E-state index contributed by atoms with van der Waals surface area (Å²) in [5.74, 6) is 0.907. The van der Waals surface area contributed by atoms with Crippen molar-refractivity contribution in [2.24, 2.45) is 0 Å². The van der Waals surface area contributed by atoms with Crippen LogP contribution in [-0.4, -0.2) is 32.0 Å². The number of thioether (sulfide) groups is 1. The van der Waals surface area contributed by atoms with Crippen LogP contribution in [0.5, 0.6) is 0 Å². The van der Waals surface area contributed by atoms with Gasteiger partial charge in [0.15, 0.2) is 11.5 Å². The molecule has 2 heterocycles. The number of nitrogens with one attached hydrogen (secondary N) is 1. The van der Waals surface area contributed by atoms with Gasteiger partial charge in [0.2, 0.25) is 5.89 Å². The highest BCUT2D eigenvalue weighted by Crippen LogP contribution is 2.29. The number of hydrogen-bond acceptors (Lipinski definition) is 8. The Bertz CT molecular complexity index is 1170. The fraction of sp³-hybridized carbons (Fsp3) is 0.250. The predicted molar refractivity (Wildman–Crippen MR) is 129 cm³/mol. The number of benzene rings is 2. The topological polar surface area (TPSA) is 103 Å². The molecule has 0 spiro atoms. The smallest absolute Gasteiger partial charge is 0.270 e. The van der Waals surface area contributed by atoms with Crippen molar-refractivity contribution < 1.29 is 4.42 Å². The Balaban J connectivity index is 1.57. The van der Waals surface area contributed by atoms with E-state index in [0.29, 0.717) is 22.5 Å². The number of anilines is 1. The van der Waals surface area contributed by atoms with Crippen molar-refractivity contribution in [2.45, 2.75) is 37.5 Å². The third kappa shape index (κ3) is 5.15. The first kappa shape index (κ1) is 22.0. The molecule has 0 aliphatic heterocycles. The molecule has 8 heteroatoms. The molecule has 0 amide bonds. The van der Waals surface area contributed by atoms with Crippen molar-refractivity contribution in [3.63, 3.8) is 0 Å². The second-order valence-corrected chi connectivity index (χ2v) is 9.22. The first-order valence-electron chi connectivity index (χ1n) is 10.6. The quantitative estimate of drug-likeness (QED) is 0.362. The number of hydrogen-bond donors (Lipinski definition) is 2. The van der Waals surface area contributed by atoms with Crippen LogP contribution < -0.4 is 11.1 Å². The Kier molecular flexibility index (Phi) is 6.82. The van der Waals surface area contributed by atoms with Gasteiger partial charge in [-0.25, -0.2) is 9.97 Å². The monoisotopic (exact) mass is 446 g/mol. The van der Waals surface area contributed by atoms with Gasteiger partial charge in [-0.15, -0.1) is 22.0 Å². The van der Waals surface area contributed by atoms with Crippen LogP contribution in [0.1, 0.15) is 26.3 Å². The van der Waals surface area contributed by atoms with Gasteiger partial charge in [-0.3, -0.25) is 0 Å². The van der Waals surface area contributed by atoms with Crippen molar-refractivity contribution in [3.05, 3.63) is 60.3 Å². The largest absolute Gasteiger partial charge is 0.414 e. The fourth-order valence-electron chi connectivity index (χ4n) is 3.14. The number of aromatic nitrogens is 4. The van der Waals surface area contributed by atoms with Gasteiger partial charge in [0.05, 0.1) is 11.9 Å². The van der Waals surface area contributed by atoms with Gasteiger partial charge >= 0.3 is 0 Å². The van der Waals surface area contributed by atoms with E-state index >= 15 is 0 Å². The number of nitrogens with zero attached hydrogens (tertiary/aromatic N) is 4.